The third-order valence-corrected chi connectivity index (χ3v) is 3.48. The van der Waals surface area contributed by atoms with E-state index in [0.717, 1.165) is 31.7 Å². The van der Waals surface area contributed by atoms with Gasteiger partial charge in [0.25, 0.3) is 0 Å². The largest absolute Gasteiger partial charge is 0.327 e. The lowest BCUT2D eigenvalue weighted by atomic mass is 9.96. The zero-order chi connectivity index (χ0) is 13.7. The minimum atomic E-state index is 0.0676. The highest BCUT2D eigenvalue weighted by Gasteiger charge is 2.22. The second-order valence-electron chi connectivity index (χ2n) is 5.52. The molecule has 1 aliphatic heterocycles. The molecule has 4 heteroatoms. The first kappa shape index (κ1) is 14.0. The highest BCUT2D eigenvalue weighted by molar-refractivity contribution is 5.90. The van der Waals surface area contributed by atoms with Crippen LogP contribution in [0, 0.1) is 5.92 Å². The molecule has 1 amide bonds. The highest BCUT2D eigenvalue weighted by Crippen LogP contribution is 2.15. The van der Waals surface area contributed by atoms with E-state index in [2.05, 4.69) is 17.1 Å². The Bertz CT molecular complexity index is 397. The van der Waals surface area contributed by atoms with Crippen molar-refractivity contribution >= 4 is 11.6 Å². The number of nitrogens with two attached hydrogens (primary N) is 1. The molecule has 3 N–H and O–H groups in total. The molecule has 1 saturated heterocycles. The molecule has 2 atom stereocenters. The van der Waals surface area contributed by atoms with E-state index in [4.69, 9.17) is 5.73 Å². The number of anilines is 1. The van der Waals surface area contributed by atoms with Crippen LogP contribution in [-0.2, 0) is 4.79 Å². The number of para-hydroxylation sites is 1. The molecule has 1 aromatic carbocycles. The van der Waals surface area contributed by atoms with Gasteiger partial charge in [0.05, 0.1) is 0 Å². The summed E-state index contributed by atoms with van der Waals surface area (Å²) in [5, 5.41) is 2.91. The first-order chi connectivity index (χ1) is 9.13. The van der Waals surface area contributed by atoms with Crippen molar-refractivity contribution in [1.82, 2.24) is 4.90 Å². The van der Waals surface area contributed by atoms with Crippen LogP contribution in [0.3, 0.4) is 0 Å². The number of rotatable bonds is 4. The first-order valence-corrected chi connectivity index (χ1v) is 6.96. The number of nitrogens with one attached hydrogen (secondary N) is 1. The maximum absolute atomic E-state index is 11.8. The van der Waals surface area contributed by atoms with Crippen molar-refractivity contribution in [2.45, 2.75) is 25.8 Å². The van der Waals surface area contributed by atoms with E-state index in [-0.39, 0.29) is 11.9 Å². The van der Waals surface area contributed by atoms with Crippen LogP contribution < -0.4 is 11.1 Å². The average Bonchev–Trinajstić information content (AvgIpc) is 2.36. The summed E-state index contributed by atoms with van der Waals surface area (Å²) in [6.45, 7) is 4.96. The standard InChI is InChI=1S/C15H23N3O/c1-12-9-13(16)11-18(10-12)8-7-15(19)17-14-5-3-2-4-6-14/h2-6,12-13H,7-11,16H2,1H3,(H,17,19). The van der Waals surface area contributed by atoms with E-state index in [1.54, 1.807) is 0 Å². The zero-order valence-corrected chi connectivity index (χ0v) is 11.5. The first-order valence-electron chi connectivity index (χ1n) is 6.96. The summed E-state index contributed by atoms with van der Waals surface area (Å²) >= 11 is 0. The quantitative estimate of drug-likeness (QED) is 0.867. The Morgan fingerprint density at radius 3 is 2.79 bits per heavy atom. The highest BCUT2D eigenvalue weighted by atomic mass is 16.1. The third-order valence-electron chi connectivity index (χ3n) is 3.48. The topological polar surface area (TPSA) is 58.4 Å². The number of hydrogen-bond acceptors (Lipinski definition) is 3. The predicted octanol–water partition coefficient (Wildman–Crippen LogP) is 1.68. The number of piperidine rings is 1. The van der Waals surface area contributed by atoms with Crippen LogP contribution >= 0.6 is 0 Å². The SMILES string of the molecule is CC1CC(N)CN(CCC(=O)Nc2ccccc2)C1. The molecule has 0 radical (unpaired) electrons. The molecule has 0 spiro atoms. The monoisotopic (exact) mass is 261 g/mol. The summed E-state index contributed by atoms with van der Waals surface area (Å²) in [6, 6.07) is 9.82. The Balaban J connectivity index is 1.74. The summed E-state index contributed by atoms with van der Waals surface area (Å²) in [5.41, 5.74) is 6.86. The molecule has 0 bridgehead atoms. The summed E-state index contributed by atoms with van der Waals surface area (Å²) in [4.78, 5) is 14.1. The van der Waals surface area contributed by atoms with Crippen LogP contribution in [0.2, 0.25) is 0 Å². The van der Waals surface area contributed by atoms with Gasteiger partial charge in [-0.3, -0.25) is 4.79 Å². The molecular formula is C15H23N3O. The Morgan fingerprint density at radius 1 is 1.37 bits per heavy atom. The van der Waals surface area contributed by atoms with Crippen LogP contribution in [0.4, 0.5) is 5.69 Å². The van der Waals surface area contributed by atoms with Gasteiger partial charge in [-0.05, 0) is 24.5 Å². The second-order valence-corrected chi connectivity index (χ2v) is 5.52. The Hall–Kier alpha value is -1.39. The molecule has 104 valence electrons. The average molecular weight is 261 g/mol. The number of carbonyl (C=O) groups is 1. The maximum Gasteiger partial charge on any atom is 0.225 e. The fraction of sp³-hybridized carbons (Fsp3) is 0.533. The number of nitrogens with zero attached hydrogens (tertiary/aromatic N) is 1. The maximum atomic E-state index is 11.8. The Kier molecular flexibility index (Phi) is 4.93. The van der Waals surface area contributed by atoms with Crippen LogP contribution in [0.25, 0.3) is 0 Å². The van der Waals surface area contributed by atoms with Crippen molar-refractivity contribution in [2.24, 2.45) is 11.7 Å². The van der Waals surface area contributed by atoms with Crippen molar-refractivity contribution in [3.05, 3.63) is 30.3 Å². The van der Waals surface area contributed by atoms with E-state index in [0.29, 0.717) is 12.3 Å². The van der Waals surface area contributed by atoms with Gasteiger partial charge in [0, 0.05) is 37.8 Å². The summed E-state index contributed by atoms with van der Waals surface area (Å²) in [6.07, 6.45) is 1.61. The van der Waals surface area contributed by atoms with Crippen LogP contribution in [0.1, 0.15) is 19.8 Å². The Labute approximate surface area is 115 Å². The Morgan fingerprint density at radius 2 is 2.11 bits per heavy atom. The lowest BCUT2D eigenvalue weighted by molar-refractivity contribution is -0.116. The normalized spacial score (nSPS) is 24.1. The molecule has 2 unspecified atom stereocenters. The minimum absolute atomic E-state index is 0.0676. The fourth-order valence-electron chi connectivity index (χ4n) is 2.70. The van der Waals surface area contributed by atoms with E-state index in [1.165, 1.54) is 0 Å². The number of benzene rings is 1. The van der Waals surface area contributed by atoms with Gasteiger partial charge in [-0.2, -0.15) is 0 Å². The molecule has 0 aliphatic carbocycles. The third kappa shape index (κ3) is 4.65. The summed E-state index contributed by atoms with van der Waals surface area (Å²) < 4.78 is 0. The summed E-state index contributed by atoms with van der Waals surface area (Å²) in [5.74, 6) is 0.693. The number of hydrogen-bond donors (Lipinski definition) is 2. The van der Waals surface area contributed by atoms with Crippen molar-refractivity contribution in [1.29, 1.82) is 0 Å². The van der Waals surface area contributed by atoms with Gasteiger partial charge < -0.3 is 16.0 Å². The number of likely N-dealkylation sites (tertiary alicyclic amines) is 1. The molecule has 19 heavy (non-hydrogen) atoms. The summed E-state index contributed by atoms with van der Waals surface area (Å²) in [7, 11) is 0. The van der Waals surface area contributed by atoms with Gasteiger partial charge in [0.2, 0.25) is 5.91 Å². The van der Waals surface area contributed by atoms with E-state index in [1.807, 2.05) is 30.3 Å². The van der Waals surface area contributed by atoms with Gasteiger partial charge in [0.1, 0.15) is 0 Å². The van der Waals surface area contributed by atoms with Gasteiger partial charge >= 0.3 is 0 Å². The smallest absolute Gasteiger partial charge is 0.225 e. The molecule has 1 fully saturated rings. The predicted molar refractivity (Wildman–Crippen MR) is 77.9 cm³/mol. The van der Waals surface area contributed by atoms with Gasteiger partial charge in [-0.25, -0.2) is 0 Å². The van der Waals surface area contributed by atoms with Crippen LogP contribution in [0.5, 0.6) is 0 Å². The molecule has 1 aliphatic rings. The number of carbonyl (C=O) groups excluding carboxylic acids is 1. The molecular weight excluding hydrogens is 238 g/mol. The van der Waals surface area contributed by atoms with Crippen LogP contribution in [0.15, 0.2) is 30.3 Å². The molecule has 0 saturated carbocycles. The van der Waals surface area contributed by atoms with Crippen LogP contribution in [-0.4, -0.2) is 36.5 Å². The molecule has 1 aromatic rings. The number of amides is 1. The van der Waals surface area contributed by atoms with E-state index in [9.17, 15) is 4.79 Å². The van der Waals surface area contributed by atoms with Crippen molar-refractivity contribution in [2.75, 3.05) is 25.0 Å². The van der Waals surface area contributed by atoms with E-state index >= 15 is 0 Å². The minimum Gasteiger partial charge on any atom is -0.327 e. The van der Waals surface area contributed by atoms with Gasteiger partial charge in [-0.1, -0.05) is 25.1 Å². The van der Waals surface area contributed by atoms with Crippen molar-refractivity contribution in [3.63, 3.8) is 0 Å². The molecule has 1 heterocycles. The van der Waals surface area contributed by atoms with Gasteiger partial charge in [0.15, 0.2) is 0 Å². The van der Waals surface area contributed by atoms with Crippen molar-refractivity contribution in [3.8, 4) is 0 Å². The molecule has 4 nitrogen and oxygen atoms in total. The van der Waals surface area contributed by atoms with E-state index < -0.39 is 0 Å². The lowest BCUT2D eigenvalue weighted by Gasteiger charge is -2.34. The fourth-order valence-corrected chi connectivity index (χ4v) is 2.70. The van der Waals surface area contributed by atoms with Gasteiger partial charge in [-0.15, -0.1) is 0 Å². The zero-order valence-electron chi connectivity index (χ0n) is 11.5. The second kappa shape index (κ2) is 6.68. The van der Waals surface area contributed by atoms with Crippen molar-refractivity contribution < 1.29 is 4.79 Å². The molecule has 0 aromatic heterocycles. The lowest BCUT2D eigenvalue weighted by Crippen LogP contribution is -2.47. The molecule has 2 rings (SSSR count).